The van der Waals surface area contributed by atoms with Crippen molar-refractivity contribution in [3.8, 4) is 0 Å². The van der Waals surface area contributed by atoms with Crippen molar-refractivity contribution in [2.24, 2.45) is 5.92 Å². The molecule has 1 aliphatic rings. The Labute approximate surface area is 102 Å². The Bertz CT molecular complexity index is 350. The van der Waals surface area contributed by atoms with Crippen LogP contribution in [0.1, 0.15) is 37.8 Å². The van der Waals surface area contributed by atoms with Crippen molar-refractivity contribution >= 4 is 0 Å². The summed E-state index contributed by atoms with van der Waals surface area (Å²) in [7, 11) is 0. The number of piperidine rings is 1. The van der Waals surface area contributed by atoms with Gasteiger partial charge in [-0.25, -0.2) is 4.39 Å². The van der Waals surface area contributed by atoms with Crippen LogP contribution < -0.4 is 5.32 Å². The van der Waals surface area contributed by atoms with Crippen LogP contribution in [0.4, 0.5) is 4.39 Å². The molecule has 17 heavy (non-hydrogen) atoms. The van der Waals surface area contributed by atoms with Gasteiger partial charge in [0.25, 0.3) is 0 Å². The SMILES string of the molecule is CC(O)C[C@H]1CCN[C@@H](c2ccc(F)cc2)C1. The Morgan fingerprint density at radius 2 is 2.12 bits per heavy atom. The molecule has 0 bridgehead atoms. The molecular formula is C14H20FNO. The summed E-state index contributed by atoms with van der Waals surface area (Å²) in [5.41, 5.74) is 1.14. The molecule has 1 unspecified atom stereocenters. The molecule has 1 aromatic rings. The second-order valence-electron chi connectivity index (χ2n) is 5.03. The third-order valence-electron chi connectivity index (χ3n) is 3.46. The first-order valence-corrected chi connectivity index (χ1v) is 6.32. The van der Waals surface area contributed by atoms with E-state index < -0.39 is 0 Å². The van der Waals surface area contributed by atoms with Crippen molar-refractivity contribution in [1.82, 2.24) is 5.32 Å². The zero-order valence-electron chi connectivity index (χ0n) is 10.2. The lowest BCUT2D eigenvalue weighted by Crippen LogP contribution is -2.32. The molecule has 0 amide bonds. The number of hydrogen-bond donors (Lipinski definition) is 2. The number of rotatable bonds is 3. The molecule has 3 heteroatoms. The maximum absolute atomic E-state index is 12.8. The standard InChI is InChI=1S/C14H20FNO/c1-10(17)8-11-6-7-16-14(9-11)12-2-4-13(15)5-3-12/h2-5,10-11,14,16-17H,6-9H2,1H3/t10?,11-,14-/m1/s1. The van der Waals surface area contributed by atoms with E-state index in [0.717, 1.165) is 31.4 Å². The second kappa shape index (κ2) is 5.61. The molecule has 0 radical (unpaired) electrons. The van der Waals surface area contributed by atoms with Gasteiger partial charge in [-0.3, -0.25) is 0 Å². The van der Waals surface area contributed by atoms with E-state index >= 15 is 0 Å². The zero-order valence-corrected chi connectivity index (χ0v) is 10.2. The average molecular weight is 237 g/mol. The number of aliphatic hydroxyl groups excluding tert-OH is 1. The molecule has 1 saturated heterocycles. The van der Waals surface area contributed by atoms with Gasteiger partial charge in [0.05, 0.1) is 6.10 Å². The van der Waals surface area contributed by atoms with E-state index in [0.29, 0.717) is 12.0 Å². The highest BCUT2D eigenvalue weighted by Gasteiger charge is 2.23. The number of aliphatic hydroxyl groups is 1. The topological polar surface area (TPSA) is 32.3 Å². The first-order chi connectivity index (χ1) is 8.15. The summed E-state index contributed by atoms with van der Waals surface area (Å²) in [6, 6.07) is 7.01. The van der Waals surface area contributed by atoms with Crippen LogP contribution in [0.2, 0.25) is 0 Å². The molecule has 0 aromatic heterocycles. The molecule has 3 atom stereocenters. The first kappa shape index (κ1) is 12.5. The van der Waals surface area contributed by atoms with Gasteiger partial charge < -0.3 is 10.4 Å². The number of halogens is 1. The van der Waals surface area contributed by atoms with Crippen LogP contribution in [-0.4, -0.2) is 17.8 Å². The van der Waals surface area contributed by atoms with Gasteiger partial charge in [-0.05, 0) is 56.3 Å². The monoisotopic (exact) mass is 237 g/mol. The van der Waals surface area contributed by atoms with Gasteiger partial charge in [0.1, 0.15) is 5.82 Å². The largest absolute Gasteiger partial charge is 0.393 e. The summed E-state index contributed by atoms with van der Waals surface area (Å²) >= 11 is 0. The fourth-order valence-electron chi connectivity index (χ4n) is 2.64. The lowest BCUT2D eigenvalue weighted by molar-refractivity contribution is 0.141. The molecule has 0 spiro atoms. The van der Waals surface area contributed by atoms with Gasteiger partial charge in [0, 0.05) is 6.04 Å². The highest BCUT2D eigenvalue weighted by atomic mass is 19.1. The van der Waals surface area contributed by atoms with E-state index in [1.165, 1.54) is 12.1 Å². The van der Waals surface area contributed by atoms with Crippen LogP contribution in [0.25, 0.3) is 0 Å². The van der Waals surface area contributed by atoms with Gasteiger partial charge in [0.15, 0.2) is 0 Å². The van der Waals surface area contributed by atoms with Crippen LogP contribution >= 0.6 is 0 Å². The van der Waals surface area contributed by atoms with E-state index in [9.17, 15) is 9.50 Å². The average Bonchev–Trinajstić information content (AvgIpc) is 2.29. The second-order valence-corrected chi connectivity index (χ2v) is 5.03. The van der Waals surface area contributed by atoms with Crippen molar-refractivity contribution in [2.45, 2.75) is 38.3 Å². The summed E-state index contributed by atoms with van der Waals surface area (Å²) in [6.07, 6.45) is 2.77. The molecule has 2 rings (SSSR count). The third kappa shape index (κ3) is 3.51. The molecule has 1 aromatic carbocycles. The van der Waals surface area contributed by atoms with Crippen molar-refractivity contribution < 1.29 is 9.50 Å². The Hall–Kier alpha value is -0.930. The minimum Gasteiger partial charge on any atom is -0.393 e. The molecule has 2 nitrogen and oxygen atoms in total. The van der Waals surface area contributed by atoms with Gasteiger partial charge in [0.2, 0.25) is 0 Å². The predicted octanol–water partition coefficient (Wildman–Crippen LogP) is 2.64. The summed E-state index contributed by atoms with van der Waals surface area (Å²) in [6.45, 7) is 2.81. The van der Waals surface area contributed by atoms with E-state index in [2.05, 4.69) is 5.32 Å². The number of benzene rings is 1. The van der Waals surface area contributed by atoms with E-state index in [4.69, 9.17) is 0 Å². The number of hydrogen-bond acceptors (Lipinski definition) is 2. The lowest BCUT2D eigenvalue weighted by atomic mass is 9.85. The molecule has 0 aliphatic carbocycles. The van der Waals surface area contributed by atoms with Crippen LogP contribution in [0.15, 0.2) is 24.3 Å². The van der Waals surface area contributed by atoms with Gasteiger partial charge in [-0.15, -0.1) is 0 Å². The molecule has 0 saturated carbocycles. The lowest BCUT2D eigenvalue weighted by Gasteiger charge is -2.31. The van der Waals surface area contributed by atoms with E-state index in [1.807, 2.05) is 19.1 Å². The minimum absolute atomic E-state index is 0.190. The highest BCUT2D eigenvalue weighted by Crippen LogP contribution is 2.29. The number of nitrogens with one attached hydrogen (secondary N) is 1. The van der Waals surface area contributed by atoms with E-state index in [-0.39, 0.29) is 11.9 Å². The molecule has 1 fully saturated rings. The summed E-state index contributed by atoms with van der Waals surface area (Å²) in [4.78, 5) is 0. The van der Waals surface area contributed by atoms with Crippen LogP contribution in [0.3, 0.4) is 0 Å². The first-order valence-electron chi connectivity index (χ1n) is 6.32. The molecule has 2 N–H and O–H groups in total. The molecule has 1 aliphatic heterocycles. The van der Waals surface area contributed by atoms with Gasteiger partial charge >= 0.3 is 0 Å². The summed E-state index contributed by atoms with van der Waals surface area (Å²) < 4.78 is 12.8. The smallest absolute Gasteiger partial charge is 0.123 e. The zero-order chi connectivity index (χ0) is 12.3. The Morgan fingerprint density at radius 1 is 1.41 bits per heavy atom. The molecule has 1 heterocycles. The van der Waals surface area contributed by atoms with Crippen molar-refractivity contribution in [3.63, 3.8) is 0 Å². The van der Waals surface area contributed by atoms with Crippen LogP contribution in [0, 0.1) is 11.7 Å². The predicted molar refractivity (Wildman–Crippen MR) is 66.2 cm³/mol. The Balaban J connectivity index is 1.99. The normalized spacial score (nSPS) is 26.8. The van der Waals surface area contributed by atoms with E-state index in [1.54, 1.807) is 0 Å². The fraction of sp³-hybridized carbons (Fsp3) is 0.571. The highest BCUT2D eigenvalue weighted by molar-refractivity contribution is 5.20. The quantitative estimate of drug-likeness (QED) is 0.847. The van der Waals surface area contributed by atoms with Crippen molar-refractivity contribution in [3.05, 3.63) is 35.6 Å². The van der Waals surface area contributed by atoms with Crippen LogP contribution in [-0.2, 0) is 0 Å². The van der Waals surface area contributed by atoms with Gasteiger partial charge in [-0.2, -0.15) is 0 Å². The summed E-state index contributed by atoms with van der Waals surface area (Å²) in [5, 5.41) is 12.9. The third-order valence-corrected chi connectivity index (χ3v) is 3.46. The maximum Gasteiger partial charge on any atom is 0.123 e. The van der Waals surface area contributed by atoms with Crippen LogP contribution in [0.5, 0.6) is 0 Å². The maximum atomic E-state index is 12.8. The fourth-order valence-corrected chi connectivity index (χ4v) is 2.64. The Kier molecular flexibility index (Phi) is 4.13. The molecule has 94 valence electrons. The van der Waals surface area contributed by atoms with Crippen molar-refractivity contribution in [2.75, 3.05) is 6.54 Å². The minimum atomic E-state index is -0.230. The van der Waals surface area contributed by atoms with Crippen molar-refractivity contribution in [1.29, 1.82) is 0 Å². The molecular weight excluding hydrogens is 217 g/mol. The summed E-state index contributed by atoms with van der Waals surface area (Å²) in [5.74, 6) is 0.372. The van der Waals surface area contributed by atoms with Gasteiger partial charge in [-0.1, -0.05) is 12.1 Å². The Morgan fingerprint density at radius 3 is 2.76 bits per heavy atom.